The number of piperidine rings is 1. The van der Waals surface area contributed by atoms with Gasteiger partial charge in [0.2, 0.25) is 5.91 Å². The number of nitrogen functional groups attached to an aromatic ring is 1. The maximum atomic E-state index is 11.9. The first-order valence-corrected chi connectivity index (χ1v) is 16.0. The molecule has 1 saturated heterocycles. The van der Waals surface area contributed by atoms with Crippen LogP contribution in [0.5, 0.6) is 0 Å². The number of carbonyl (C=O) groups is 2. The van der Waals surface area contributed by atoms with Crippen LogP contribution in [0.1, 0.15) is 44.6 Å². The molecule has 0 unspecified atom stereocenters. The minimum atomic E-state index is -0.769. The van der Waals surface area contributed by atoms with Crippen LogP contribution >= 0.6 is 0 Å². The number of imidazole rings is 1. The van der Waals surface area contributed by atoms with E-state index in [-0.39, 0.29) is 11.9 Å². The van der Waals surface area contributed by atoms with Gasteiger partial charge in [0, 0.05) is 56.2 Å². The Morgan fingerprint density at radius 3 is 2.38 bits per heavy atom. The minimum Gasteiger partial charge on any atom is -0.438 e. The summed E-state index contributed by atoms with van der Waals surface area (Å²) in [6.45, 7) is 3.38. The van der Waals surface area contributed by atoms with E-state index in [2.05, 4.69) is 34.1 Å². The van der Waals surface area contributed by atoms with E-state index in [0.29, 0.717) is 22.9 Å². The van der Waals surface area contributed by atoms with Crippen LogP contribution in [0.15, 0.2) is 79.0 Å². The third-order valence-corrected chi connectivity index (χ3v) is 9.71. The van der Waals surface area contributed by atoms with Gasteiger partial charge in [-0.15, -0.1) is 0 Å². The van der Waals surface area contributed by atoms with Crippen molar-refractivity contribution in [3.05, 3.63) is 84.6 Å². The Labute approximate surface area is 273 Å². The Kier molecular flexibility index (Phi) is 7.75. The lowest BCUT2D eigenvalue weighted by atomic mass is 9.75. The zero-order valence-corrected chi connectivity index (χ0v) is 26.6. The number of fused-ring (bicyclic) bond motifs is 1. The predicted molar refractivity (Wildman–Crippen MR) is 182 cm³/mol. The summed E-state index contributed by atoms with van der Waals surface area (Å²) in [5.41, 5.74) is 17.9. The smallest absolute Gasteiger partial charge is 0.405 e. The highest BCUT2D eigenvalue weighted by molar-refractivity contribution is 5.85. The molecule has 0 spiro atoms. The summed E-state index contributed by atoms with van der Waals surface area (Å²) in [7, 11) is 1.89. The van der Waals surface area contributed by atoms with Crippen LogP contribution in [-0.4, -0.2) is 62.6 Å². The Morgan fingerprint density at radius 1 is 0.957 bits per heavy atom. The molecule has 0 atom stereocenters. The molecular weight excluding hydrogens is 592 g/mol. The Bertz CT molecular complexity index is 1960. The van der Waals surface area contributed by atoms with Gasteiger partial charge >= 0.3 is 6.09 Å². The molecule has 5 aromatic rings. The van der Waals surface area contributed by atoms with Gasteiger partial charge < -0.3 is 26.0 Å². The molecule has 7 rings (SSSR count). The fourth-order valence-corrected chi connectivity index (χ4v) is 6.83. The van der Waals surface area contributed by atoms with Crippen molar-refractivity contribution in [2.45, 2.75) is 50.7 Å². The van der Waals surface area contributed by atoms with E-state index in [1.165, 1.54) is 0 Å². The van der Waals surface area contributed by atoms with Crippen molar-refractivity contribution >= 4 is 34.7 Å². The highest BCUT2D eigenvalue weighted by Gasteiger charge is 2.42. The summed E-state index contributed by atoms with van der Waals surface area (Å²) >= 11 is 0. The molecule has 11 nitrogen and oxygen atoms in total. The molecule has 2 aliphatic rings. The quantitative estimate of drug-likeness (QED) is 0.235. The molecule has 11 heteroatoms. The molecule has 1 saturated carbocycles. The molecule has 47 heavy (non-hydrogen) atoms. The highest BCUT2D eigenvalue weighted by Crippen LogP contribution is 2.45. The van der Waals surface area contributed by atoms with Gasteiger partial charge in [0.1, 0.15) is 16.9 Å². The van der Waals surface area contributed by atoms with Gasteiger partial charge in [-0.1, -0.05) is 24.3 Å². The average molecular weight is 631 g/mol. The second-order valence-electron chi connectivity index (χ2n) is 12.5. The van der Waals surface area contributed by atoms with Gasteiger partial charge in [0.05, 0.1) is 11.3 Å². The summed E-state index contributed by atoms with van der Waals surface area (Å²) < 4.78 is 7.57. The largest absolute Gasteiger partial charge is 0.438 e. The summed E-state index contributed by atoms with van der Waals surface area (Å²) in [4.78, 5) is 42.2. The topological polar surface area (TPSA) is 145 Å². The van der Waals surface area contributed by atoms with Gasteiger partial charge in [-0.3, -0.25) is 9.36 Å². The number of ether oxygens (including phenoxy) is 1. The van der Waals surface area contributed by atoms with Gasteiger partial charge in [-0.05, 0) is 86.2 Å². The fraction of sp³-hybridized carbons (Fsp3) is 0.306. The van der Waals surface area contributed by atoms with E-state index < -0.39 is 11.7 Å². The van der Waals surface area contributed by atoms with Crippen molar-refractivity contribution in [1.29, 1.82) is 0 Å². The van der Waals surface area contributed by atoms with E-state index in [9.17, 15) is 9.59 Å². The minimum absolute atomic E-state index is 0.107. The van der Waals surface area contributed by atoms with Crippen molar-refractivity contribution in [2.75, 3.05) is 30.8 Å². The second kappa shape index (κ2) is 12.1. The molecule has 3 aromatic heterocycles. The normalized spacial score (nSPS) is 16.1. The molecule has 1 aliphatic heterocycles. The van der Waals surface area contributed by atoms with E-state index in [4.69, 9.17) is 26.2 Å². The number of nitrogens with zero attached hydrogens (tertiary/aromatic N) is 6. The number of carbonyl (C=O) groups excluding carboxylic acids is 2. The number of rotatable bonds is 7. The predicted octanol–water partition coefficient (Wildman–Crippen LogP) is 5.65. The molecule has 2 aromatic carbocycles. The van der Waals surface area contributed by atoms with Crippen LogP contribution in [0.2, 0.25) is 0 Å². The van der Waals surface area contributed by atoms with Crippen LogP contribution in [0.3, 0.4) is 0 Å². The van der Waals surface area contributed by atoms with E-state index in [0.717, 1.165) is 78.9 Å². The first-order valence-electron chi connectivity index (χ1n) is 16.0. The first kappa shape index (κ1) is 30.2. The van der Waals surface area contributed by atoms with Gasteiger partial charge in [0.15, 0.2) is 11.5 Å². The molecule has 2 fully saturated rings. The van der Waals surface area contributed by atoms with Crippen LogP contribution in [0.4, 0.5) is 16.3 Å². The van der Waals surface area contributed by atoms with Crippen LogP contribution in [0, 0.1) is 0 Å². The number of nitrogens with two attached hydrogens (primary N) is 2. The number of aromatic nitrogens is 4. The Morgan fingerprint density at radius 2 is 1.72 bits per heavy atom. The first-order chi connectivity index (χ1) is 22.7. The molecule has 4 heterocycles. The van der Waals surface area contributed by atoms with E-state index >= 15 is 0 Å². The molecule has 240 valence electrons. The number of anilines is 2. The lowest BCUT2D eigenvalue weighted by molar-refractivity contribution is -0.129. The van der Waals surface area contributed by atoms with Crippen molar-refractivity contribution in [2.24, 2.45) is 5.73 Å². The van der Waals surface area contributed by atoms with E-state index in [1.54, 1.807) is 13.1 Å². The van der Waals surface area contributed by atoms with Crippen molar-refractivity contribution in [3.8, 4) is 28.3 Å². The maximum Gasteiger partial charge on any atom is 0.405 e. The van der Waals surface area contributed by atoms with Gasteiger partial charge in [0.25, 0.3) is 0 Å². The number of benzene rings is 2. The number of pyridine rings is 2. The third-order valence-electron chi connectivity index (χ3n) is 9.71. The summed E-state index contributed by atoms with van der Waals surface area (Å²) in [6, 6.07) is 24.3. The van der Waals surface area contributed by atoms with E-state index in [1.807, 2.05) is 65.0 Å². The van der Waals surface area contributed by atoms with Crippen LogP contribution < -0.4 is 16.4 Å². The lowest BCUT2D eigenvalue weighted by Gasteiger charge is -2.40. The molecule has 2 amide bonds. The average Bonchev–Trinajstić information content (AvgIpc) is 3.45. The monoisotopic (exact) mass is 630 g/mol. The van der Waals surface area contributed by atoms with Gasteiger partial charge in [-0.25, -0.2) is 19.7 Å². The second-order valence-corrected chi connectivity index (χ2v) is 12.5. The maximum absolute atomic E-state index is 11.9. The summed E-state index contributed by atoms with van der Waals surface area (Å²) in [6.07, 6.45) is 5.18. The van der Waals surface area contributed by atoms with Crippen LogP contribution in [0.25, 0.3) is 39.5 Å². The zero-order chi connectivity index (χ0) is 32.7. The number of hydrogen-bond donors (Lipinski definition) is 2. The molecular formula is C36H38N8O3. The fourth-order valence-electron chi connectivity index (χ4n) is 6.83. The van der Waals surface area contributed by atoms with Crippen molar-refractivity contribution < 1.29 is 14.3 Å². The SMILES string of the molecule is CC(=O)N(C)C1CCN(c2cccc(-c3ccc4nc(-c5cccnc5N)n(-c5ccc(C6(OC(N)=O)CCC6)cc5)c4n3)c2)CC1. The van der Waals surface area contributed by atoms with Gasteiger partial charge in [-0.2, -0.15) is 0 Å². The lowest BCUT2D eigenvalue weighted by Crippen LogP contribution is -2.45. The summed E-state index contributed by atoms with van der Waals surface area (Å²) in [5, 5.41) is 0. The molecule has 4 N–H and O–H groups in total. The number of hydrogen-bond acceptors (Lipinski definition) is 8. The van der Waals surface area contributed by atoms with Crippen molar-refractivity contribution in [1.82, 2.24) is 24.4 Å². The van der Waals surface area contributed by atoms with Crippen LogP contribution in [-0.2, 0) is 15.1 Å². The molecule has 0 radical (unpaired) electrons. The number of amides is 2. The zero-order valence-electron chi connectivity index (χ0n) is 26.6. The van der Waals surface area contributed by atoms with Crippen molar-refractivity contribution in [3.63, 3.8) is 0 Å². The Hall–Kier alpha value is -5.45. The standard InChI is InChI=1S/C36H38N8O3/c1-23(45)42(2)26-15-20-43(21-16-26)28-7-3-6-24(22-28)30-13-14-31-34(40-30)44(33(41-31)29-8-4-19-39-32(29)37)27-11-9-25(10-12-27)36(17-5-18-36)47-35(38)46/h3-4,6-14,19,22,26H,5,15-18,20-21H2,1-2H3,(H2,37,39)(H2,38,46). The number of primary amides is 1. The molecule has 0 bridgehead atoms. The highest BCUT2D eigenvalue weighted by atomic mass is 16.6. The molecule has 1 aliphatic carbocycles. The Balaban J connectivity index is 1.26. The summed E-state index contributed by atoms with van der Waals surface area (Å²) in [5.74, 6) is 1.10. The third kappa shape index (κ3) is 5.62.